The Morgan fingerprint density at radius 2 is 2.13 bits per heavy atom. The smallest absolute Gasteiger partial charge is 0.211 e. The maximum atomic E-state index is 11.7. The molecule has 2 aromatic rings. The molecule has 0 saturated carbocycles. The lowest BCUT2D eigenvalue weighted by Crippen LogP contribution is -2.38. The summed E-state index contributed by atoms with van der Waals surface area (Å²) in [4.78, 5) is 13.0. The summed E-state index contributed by atoms with van der Waals surface area (Å²) in [5.74, 6) is 1.37. The van der Waals surface area contributed by atoms with Crippen LogP contribution in [0.4, 0.5) is 11.6 Å². The minimum absolute atomic E-state index is 0.0662. The summed E-state index contributed by atoms with van der Waals surface area (Å²) in [5, 5.41) is 3.11. The standard InChI is InChI=1S/C15H19N5O2S/c1-23(21,22)20-8-4-5-12(11-20)13-9-16-10-15(18-13)19-14-6-2-3-7-17-14/h2-3,6-7,9-10,12H,4-5,8,11H2,1H3,(H,17,18,19)/t12-/m0/s1. The predicted molar refractivity (Wildman–Crippen MR) is 87.9 cm³/mol. The fourth-order valence-electron chi connectivity index (χ4n) is 2.69. The van der Waals surface area contributed by atoms with E-state index in [1.54, 1.807) is 18.6 Å². The third kappa shape index (κ3) is 4.02. The molecule has 122 valence electrons. The second-order valence-electron chi connectivity index (χ2n) is 5.63. The van der Waals surface area contributed by atoms with Crippen molar-refractivity contribution in [3.8, 4) is 0 Å². The van der Waals surface area contributed by atoms with Crippen LogP contribution in [-0.4, -0.2) is 47.0 Å². The maximum absolute atomic E-state index is 11.7. The first-order chi connectivity index (χ1) is 11.0. The highest BCUT2D eigenvalue weighted by Crippen LogP contribution is 2.27. The van der Waals surface area contributed by atoms with Crippen molar-refractivity contribution in [3.63, 3.8) is 0 Å². The number of hydrogen-bond acceptors (Lipinski definition) is 6. The Hall–Kier alpha value is -2.06. The van der Waals surface area contributed by atoms with Gasteiger partial charge in [0.25, 0.3) is 0 Å². The van der Waals surface area contributed by atoms with Gasteiger partial charge >= 0.3 is 0 Å². The van der Waals surface area contributed by atoms with Gasteiger partial charge in [0, 0.05) is 31.4 Å². The first-order valence-corrected chi connectivity index (χ1v) is 9.32. The van der Waals surface area contributed by atoms with Gasteiger partial charge in [0.05, 0.1) is 18.1 Å². The number of nitrogens with zero attached hydrogens (tertiary/aromatic N) is 4. The molecule has 0 bridgehead atoms. The van der Waals surface area contributed by atoms with Crippen molar-refractivity contribution in [1.82, 2.24) is 19.3 Å². The van der Waals surface area contributed by atoms with Gasteiger partial charge in [-0.05, 0) is 25.0 Å². The Balaban J connectivity index is 1.77. The average Bonchev–Trinajstić information content (AvgIpc) is 2.55. The Morgan fingerprint density at radius 3 is 2.87 bits per heavy atom. The zero-order valence-electron chi connectivity index (χ0n) is 12.9. The third-order valence-corrected chi connectivity index (χ3v) is 5.12. The van der Waals surface area contributed by atoms with Crippen molar-refractivity contribution in [2.45, 2.75) is 18.8 Å². The molecule has 0 spiro atoms. The minimum atomic E-state index is -3.17. The van der Waals surface area contributed by atoms with Crippen LogP contribution in [0, 0.1) is 0 Å². The van der Waals surface area contributed by atoms with E-state index in [-0.39, 0.29) is 5.92 Å². The molecule has 3 rings (SSSR count). The van der Waals surface area contributed by atoms with Crippen LogP contribution in [0.25, 0.3) is 0 Å². The zero-order chi connectivity index (χ0) is 16.3. The monoisotopic (exact) mass is 333 g/mol. The summed E-state index contributed by atoms with van der Waals surface area (Å²) in [5.41, 5.74) is 0.805. The van der Waals surface area contributed by atoms with Gasteiger partial charge in [-0.25, -0.2) is 22.7 Å². The Labute approximate surface area is 135 Å². The van der Waals surface area contributed by atoms with Gasteiger partial charge in [0.15, 0.2) is 0 Å². The molecule has 1 saturated heterocycles. The van der Waals surface area contributed by atoms with E-state index in [1.807, 2.05) is 18.2 Å². The lowest BCUT2D eigenvalue weighted by Gasteiger charge is -2.30. The molecule has 2 aromatic heterocycles. The highest BCUT2D eigenvalue weighted by atomic mass is 32.2. The van der Waals surface area contributed by atoms with Crippen molar-refractivity contribution in [3.05, 3.63) is 42.5 Å². The van der Waals surface area contributed by atoms with E-state index < -0.39 is 10.0 Å². The molecule has 0 aromatic carbocycles. The number of anilines is 2. The third-order valence-electron chi connectivity index (χ3n) is 3.85. The molecule has 0 aliphatic carbocycles. The van der Waals surface area contributed by atoms with E-state index in [0.29, 0.717) is 24.7 Å². The van der Waals surface area contributed by atoms with Crippen LogP contribution in [0.3, 0.4) is 0 Å². The number of hydrogen-bond donors (Lipinski definition) is 1. The lowest BCUT2D eigenvalue weighted by molar-refractivity contribution is 0.314. The Morgan fingerprint density at radius 1 is 1.26 bits per heavy atom. The summed E-state index contributed by atoms with van der Waals surface area (Å²) >= 11 is 0. The lowest BCUT2D eigenvalue weighted by atomic mass is 9.96. The molecule has 1 aliphatic rings. The molecule has 1 aliphatic heterocycles. The summed E-state index contributed by atoms with van der Waals surface area (Å²) in [6, 6.07) is 5.58. The van der Waals surface area contributed by atoms with E-state index in [2.05, 4.69) is 20.3 Å². The molecule has 23 heavy (non-hydrogen) atoms. The van der Waals surface area contributed by atoms with Crippen LogP contribution in [0.1, 0.15) is 24.5 Å². The fraction of sp³-hybridized carbons (Fsp3) is 0.400. The van der Waals surface area contributed by atoms with Crippen molar-refractivity contribution >= 4 is 21.7 Å². The topological polar surface area (TPSA) is 88.1 Å². The summed E-state index contributed by atoms with van der Waals surface area (Å²) < 4.78 is 25.0. The molecule has 1 atom stereocenters. The van der Waals surface area contributed by atoms with Crippen LogP contribution in [0.5, 0.6) is 0 Å². The van der Waals surface area contributed by atoms with Crippen LogP contribution in [-0.2, 0) is 10.0 Å². The number of aromatic nitrogens is 3. The SMILES string of the molecule is CS(=O)(=O)N1CCC[C@H](c2cncc(Nc3ccccn3)n2)C1. The maximum Gasteiger partial charge on any atom is 0.211 e. The predicted octanol–water partition coefficient (Wildman–Crippen LogP) is 1.75. The number of pyridine rings is 1. The van der Waals surface area contributed by atoms with Crippen molar-refractivity contribution < 1.29 is 8.42 Å². The molecule has 0 unspecified atom stereocenters. The average molecular weight is 333 g/mol. The van der Waals surface area contributed by atoms with Gasteiger partial charge < -0.3 is 5.32 Å². The van der Waals surface area contributed by atoms with Crippen molar-refractivity contribution in [2.75, 3.05) is 24.7 Å². The minimum Gasteiger partial charge on any atom is -0.324 e. The quantitative estimate of drug-likeness (QED) is 0.917. The molecular formula is C15H19N5O2S. The molecule has 0 radical (unpaired) electrons. The second-order valence-corrected chi connectivity index (χ2v) is 7.61. The Bertz CT molecular complexity index is 766. The highest BCUT2D eigenvalue weighted by molar-refractivity contribution is 7.88. The molecule has 0 amide bonds. The first-order valence-electron chi connectivity index (χ1n) is 7.47. The second kappa shape index (κ2) is 6.59. The summed E-state index contributed by atoms with van der Waals surface area (Å²) in [6.07, 6.45) is 8.03. The normalized spacial score (nSPS) is 19.4. The van der Waals surface area contributed by atoms with Crippen molar-refractivity contribution in [1.29, 1.82) is 0 Å². The molecule has 8 heteroatoms. The zero-order valence-corrected chi connectivity index (χ0v) is 13.7. The highest BCUT2D eigenvalue weighted by Gasteiger charge is 2.27. The summed E-state index contributed by atoms with van der Waals surface area (Å²) in [7, 11) is -3.17. The van der Waals surface area contributed by atoms with Gasteiger partial charge in [-0.1, -0.05) is 6.07 Å². The molecule has 3 heterocycles. The number of sulfonamides is 1. The van der Waals surface area contributed by atoms with Crippen LogP contribution >= 0.6 is 0 Å². The van der Waals surface area contributed by atoms with E-state index in [9.17, 15) is 8.42 Å². The summed E-state index contributed by atoms with van der Waals surface area (Å²) in [6.45, 7) is 1.04. The van der Waals surface area contributed by atoms with Gasteiger partial charge in [0.1, 0.15) is 11.6 Å². The van der Waals surface area contributed by atoms with E-state index >= 15 is 0 Å². The van der Waals surface area contributed by atoms with E-state index in [0.717, 1.165) is 18.5 Å². The van der Waals surface area contributed by atoms with Crippen LogP contribution in [0.2, 0.25) is 0 Å². The Kier molecular flexibility index (Phi) is 4.53. The van der Waals surface area contributed by atoms with E-state index in [4.69, 9.17) is 0 Å². The van der Waals surface area contributed by atoms with Crippen LogP contribution in [0.15, 0.2) is 36.8 Å². The number of rotatable bonds is 4. The van der Waals surface area contributed by atoms with Gasteiger partial charge in [-0.3, -0.25) is 4.98 Å². The molecular weight excluding hydrogens is 314 g/mol. The van der Waals surface area contributed by atoms with E-state index in [1.165, 1.54) is 10.6 Å². The first kappa shape index (κ1) is 15.8. The number of nitrogens with one attached hydrogen (secondary N) is 1. The molecule has 7 nitrogen and oxygen atoms in total. The number of piperidine rings is 1. The van der Waals surface area contributed by atoms with Crippen LogP contribution < -0.4 is 5.32 Å². The molecule has 1 N–H and O–H groups in total. The largest absolute Gasteiger partial charge is 0.324 e. The fourth-order valence-corrected chi connectivity index (χ4v) is 3.60. The van der Waals surface area contributed by atoms with Gasteiger partial charge in [-0.15, -0.1) is 0 Å². The molecule has 1 fully saturated rings. The van der Waals surface area contributed by atoms with Gasteiger partial charge in [0.2, 0.25) is 10.0 Å². The van der Waals surface area contributed by atoms with Crippen molar-refractivity contribution in [2.24, 2.45) is 0 Å². The van der Waals surface area contributed by atoms with Gasteiger partial charge in [-0.2, -0.15) is 0 Å².